The topological polar surface area (TPSA) is 58.2 Å². The SMILES string of the molecule is CNC(=O)C(CC(C)C)NC1CCS(=O)CC1. The highest BCUT2D eigenvalue weighted by molar-refractivity contribution is 7.85. The standard InChI is InChI=1S/C12H24N2O2S/c1-9(2)8-11(12(15)13-3)14-10-4-6-17(16)7-5-10/h9-11,14H,4-8H2,1-3H3,(H,13,15). The number of nitrogens with one attached hydrogen (secondary N) is 2. The van der Waals surface area contributed by atoms with Crippen molar-refractivity contribution in [2.45, 2.75) is 45.2 Å². The first-order chi connectivity index (χ1) is 8.02. The summed E-state index contributed by atoms with van der Waals surface area (Å²) in [6.07, 6.45) is 2.68. The molecule has 17 heavy (non-hydrogen) atoms. The predicted molar refractivity (Wildman–Crippen MR) is 71.3 cm³/mol. The molecule has 0 aliphatic carbocycles. The Balaban J connectivity index is 2.47. The van der Waals surface area contributed by atoms with E-state index in [2.05, 4.69) is 24.5 Å². The maximum absolute atomic E-state index is 11.8. The zero-order valence-electron chi connectivity index (χ0n) is 11.0. The van der Waals surface area contributed by atoms with E-state index in [1.807, 2.05) is 0 Å². The van der Waals surface area contributed by atoms with E-state index >= 15 is 0 Å². The minimum Gasteiger partial charge on any atom is -0.358 e. The number of carbonyl (C=O) groups excluding carboxylic acids is 1. The van der Waals surface area contributed by atoms with Gasteiger partial charge in [0.2, 0.25) is 5.91 Å². The van der Waals surface area contributed by atoms with Crippen LogP contribution in [0.4, 0.5) is 0 Å². The highest BCUT2D eigenvalue weighted by Gasteiger charge is 2.24. The molecule has 0 bridgehead atoms. The summed E-state index contributed by atoms with van der Waals surface area (Å²) in [5.74, 6) is 2.08. The van der Waals surface area contributed by atoms with Crippen LogP contribution in [0, 0.1) is 5.92 Å². The molecule has 1 fully saturated rings. The molecule has 0 saturated carbocycles. The van der Waals surface area contributed by atoms with E-state index in [1.165, 1.54) is 0 Å². The summed E-state index contributed by atoms with van der Waals surface area (Å²) in [6, 6.07) is 0.227. The van der Waals surface area contributed by atoms with E-state index in [0.717, 1.165) is 30.8 Å². The fraction of sp³-hybridized carbons (Fsp3) is 0.917. The second-order valence-corrected chi connectivity index (χ2v) is 6.78. The molecule has 0 spiro atoms. The molecular weight excluding hydrogens is 236 g/mol. The van der Waals surface area contributed by atoms with E-state index < -0.39 is 10.8 Å². The minimum absolute atomic E-state index is 0.0606. The van der Waals surface area contributed by atoms with Crippen LogP contribution >= 0.6 is 0 Å². The Morgan fingerprint density at radius 1 is 1.35 bits per heavy atom. The molecule has 1 atom stereocenters. The summed E-state index contributed by atoms with van der Waals surface area (Å²) in [6.45, 7) is 4.24. The average molecular weight is 260 g/mol. The van der Waals surface area contributed by atoms with Gasteiger partial charge in [-0.25, -0.2) is 0 Å². The Bertz CT molecular complexity index is 272. The molecule has 1 heterocycles. The summed E-state index contributed by atoms with van der Waals surface area (Å²) in [5.41, 5.74) is 0. The van der Waals surface area contributed by atoms with Gasteiger partial charge in [-0.15, -0.1) is 0 Å². The largest absolute Gasteiger partial charge is 0.358 e. The van der Waals surface area contributed by atoms with Crippen molar-refractivity contribution in [3.8, 4) is 0 Å². The van der Waals surface area contributed by atoms with Crippen LogP contribution in [0.2, 0.25) is 0 Å². The molecule has 4 nitrogen and oxygen atoms in total. The smallest absolute Gasteiger partial charge is 0.236 e. The van der Waals surface area contributed by atoms with Crippen molar-refractivity contribution in [1.82, 2.24) is 10.6 Å². The fourth-order valence-electron chi connectivity index (χ4n) is 2.14. The van der Waals surface area contributed by atoms with Gasteiger partial charge in [0.25, 0.3) is 0 Å². The Hall–Kier alpha value is -0.420. The molecule has 100 valence electrons. The molecule has 1 aliphatic rings. The van der Waals surface area contributed by atoms with Crippen LogP contribution in [0.5, 0.6) is 0 Å². The quantitative estimate of drug-likeness (QED) is 0.763. The van der Waals surface area contributed by atoms with Gasteiger partial charge in [0.15, 0.2) is 0 Å². The first kappa shape index (κ1) is 14.6. The highest BCUT2D eigenvalue weighted by atomic mass is 32.2. The molecule has 0 aromatic rings. The van der Waals surface area contributed by atoms with Crippen LogP contribution in [-0.2, 0) is 15.6 Å². The van der Waals surface area contributed by atoms with E-state index in [-0.39, 0.29) is 11.9 Å². The number of carbonyl (C=O) groups is 1. The van der Waals surface area contributed by atoms with Crippen LogP contribution in [-0.4, -0.2) is 40.8 Å². The van der Waals surface area contributed by atoms with Crippen molar-refractivity contribution < 1.29 is 9.00 Å². The molecule has 0 aromatic heterocycles. The zero-order chi connectivity index (χ0) is 12.8. The third kappa shape index (κ3) is 5.17. The lowest BCUT2D eigenvalue weighted by Crippen LogP contribution is -2.49. The molecule has 2 N–H and O–H groups in total. The molecule has 1 aliphatic heterocycles. The van der Waals surface area contributed by atoms with Crippen molar-refractivity contribution in [3.05, 3.63) is 0 Å². The van der Waals surface area contributed by atoms with Crippen LogP contribution in [0.1, 0.15) is 33.1 Å². The first-order valence-corrected chi connectivity index (χ1v) is 7.84. The van der Waals surface area contributed by atoms with Crippen LogP contribution in [0.15, 0.2) is 0 Å². The monoisotopic (exact) mass is 260 g/mol. The minimum atomic E-state index is -0.640. The average Bonchev–Trinajstić information content (AvgIpc) is 2.29. The van der Waals surface area contributed by atoms with Gasteiger partial charge < -0.3 is 10.6 Å². The van der Waals surface area contributed by atoms with Gasteiger partial charge in [0.1, 0.15) is 0 Å². The van der Waals surface area contributed by atoms with E-state index in [1.54, 1.807) is 7.05 Å². The summed E-state index contributed by atoms with van der Waals surface area (Å²) in [4.78, 5) is 11.8. The molecule has 1 rings (SSSR count). The molecular formula is C12H24N2O2S. The second-order valence-electron chi connectivity index (χ2n) is 5.09. The van der Waals surface area contributed by atoms with Gasteiger partial charge in [0.05, 0.1) is 6.04 Å². The maximum Gasteiger partial charge on any atom is 0.236 e. The number of rotatable bonds is 5. The Kier molecular flexibility index (Phi) is 6.12. The number of hydrogen-bond acceptors (Lipinski definition) is 3. The summed E-state index contributed by atoms with van der Waals surface area (Å²) < 4.78 is 11.3. The van der Waals surface area contributed by atoms with Gasteiger partial charge in [-0.2, -0.15) is 0 Å². The molecule has 5 heteroatoms. The fourth-order valence-corrected chi connectivity index (χ4v) is 3.44. The lowest BCUT2D eigenvalue weighted by atomic mass is 10.0. The lowest BCUT2D eigenvalue weighted by molar-refractivity contribution is -0.123. The Morgan fingerprint density at radius 2 is 1.94 bits per heavy atom. The molecule has 1 saturated heterocycles. The van der Waals surface area contributed by atoms with Gasteiger partial charge in [-0.1, -0.05) is 13.8 Å². The molecule has 1 amide bonds. The van der Waals surface area contributed by atoms with E-state index in [9.17, 15) is 9.00 Å². The van der Waals surface area contributed by atoms with Gasteiger partial charge >= 0.3 is 0 Å². The van der Waals surface area contributed by atoms with Gasteiger partial charge in [0, 0.05) is 35.4 Å². The lowest BCUT2D eigenvalue weighted by Gasteiger charge is -2.28. The second kappa shape index (κ2) is 7.11. The Morgan fingerprint density at radius 3 is 2.41 bits per heavy atom. The van der Waals surface area contributed by atoms with Crippen LogP contribution in [0.25, 0.3) is 0 Å². The van der Waals surface area contributed by atoms with Crippen molar-refractivity contribution >= 4 is 16.7 Å². The van der Waals surface area contributed by atoms with Crippen molar-refractivity contribution in [3.63, 3.8) is 0 Å². The summed E-state index contributed by atoms with van der Waals surface area (Å²) in [5, 5.41) is 6.12. The zero-order valence-corrected chi connectivity index (χ0v) is 11.8. The third-order valence-corrected chi connectivity index (χ3v) is 4.48. The molecule has 0 aromatic carbocycles. The highest BCUT2D eigenvalue weighted by Crippen LogP contribution is 2.12. The normalized spacial score (nSPS) is 26.8. The van der Waals surface area contributed by atoms with Crippen molar-refractivity contribution in [2.24, 2.45) is 5.92 Å². The van der Waals surface area contributed by atoms with Gasteiger partial charge in [-0.3, -0.25) is 9.00 Å². The summed E-state index contributed by atoms with van der Waals surface area (Å²) in [7, 11) is 1.03. The number of amides is 1. The number of likely N-dealkylation sites (N-methyl/N-ethyl adjacent to an activating group) is 1. The third-order valence-electron chi connectivity index (χ3n) is 3.09. The van der Waals surface area contributed by atoms with Crippen molar-refractivity contribution in [2.75, 3.05) is 18.6 Å². The number of hydrogen-bond donors (Lipinski definition) is 2. The van der Waals surface area contributed by atoms with Crippen LogP contribution < -0.4 is 10.6 Å². The van der Waals surface area contributed by atoms with Crippen LogP contribution in [0.3, 0.4) is 0 Å². The predicted octanol–water partition coefficient (Wildman–Crippen LogP) is 0.648. The molecule has 1 unspecified atom stereocenters. The maximum atomic E-state index is 11.8. The summed E-state index contributed by atoms with van der Waals surface area (Å²) >= 11 is 0. The van der Waals surface area contributed by atoms with E-state index in [0.29, 0.717) is 12.0 Å². The Labute approximate surface area is 106 Å². The molecule has 0 radical (unpaired) electrons. The van der Waals surface area contributed by atoms with Crippen molar-refractivity contribution in [1.29, 1.82) is 0 Å². The van der Waals surface area contributed by atoms with E-state index in [4.69, 9.17) is 0 Å². The van der Waals surface area contributed by atoms with Gasteiger partial charge in [-0.05, 0) is 25.2 Å². The first-order valence-electron chi connectivity index (χ1n) is 6.35.